The van der Waals surface area contributed by atoms with Gasteiger partial charge in [0, 0.05) is 34.1 Å². The molecule has 0 saturated heterocycles. The number of rotatable bonds is 6. The molecule has 9 nitrogen and oxygen atoms in total. The number of aryl methyl sites for hydroxylation is 3. The van der Waals surface area contributed by atoms with Crippen LogP contribution in [0.4, 0.5) is 27.1 Å². The van der Waals surface area contributed by atoms with E-state index in [0.29, 0.717) is 27.5 Å². The van der Waals surface area contributed by atoms with Crippen LogP contribution in [0.2, 0.25) is 0 Å². The molecule has 0 aliphatic heterocycles. The summed E-state index contributed by atoms with van der Waals surface area (Å²) in [5, 5.41) is 17.2. The predicted octanol–water partition coefficient (Wildman–Crippen LogP) is 5.12. The van der Waals surface area contributed by atoms with Gasteiger partial charge in [-0.05, 0) is 56.3 Å². The van der Waals surface area contributed by atoms with Crippen molar-refractivity contribution in [1.29, 1.82) is 0 Å². The van der Waals surface area contributed by atoms with E-state index in [9.17, 15) is 4.79 Å². The van der Waals surface area contributed by atoms with Crippen molar-refractivity contribution < 1.29 is 4.79 Å². The fourth-order valence-corrected chi connectivity index (χ4v) is 4.15. The van der Waals surface area contributed by atoms with Crippen LogP contribution >= 0.6 is 23.1 Å². The van der Waals surface area contributed by atoms with Crippen molar-refractivity contribution in [2.75, 3.05) is 16.0 Å². The number of hydrogen-bond acceptors (Lipinski definition) is 8. The molecule has 0 aliphatic carbocycles. The second-order valence-corrected chi connectivity index (χ2v) is 8.66. The Morgan fingerprint density at radius 2 is 1.94 bits per heavy atom. The van der Waals surface area contributed by atoms with E-state index in [2.05, 4.69) is 41.1 Å². The molecule has 4 N–H and O–H groups in total. The van der Waals surface area contributed by atoms with Crippen LogP contribution in [0.5, 0.6) is 0 Å². The highest BCUT2D eigenvalue weighted by Crippen LogP contribution is 2.31. The molecule has 3 aromatic heterocycles. The summed E-state index contributed by atoms with van der Waals surface area (Å²) < 4.78 is 0. The van der Waals surface area contributed by atoms with Gasteiger partial charge in [-0.1, -0.05) is 0 Å². The van der Waals surface area contributed by atoms with Crippen molar-refractivity contribution >= 4 is 51.5 Å². The first-order valence-electron chi connectivity index (χ1n) is 9.34. The molecule has 0 aliphatic rings. The van der Waals surface area contributed by atoms with Crippen LogP contribution in [0, 0.1) is 20.8 Å². The van der Waals surface area contributed by atoms with Crippen LogP contribution in [0.3, 0.4) is 0 Å². The van der Waals surface area contributed by atoms with Gasteiger partial charge < -0.3 is 10.6 Å². The maximum Gasteiger partial charge on any atom is 0.324 e. The highest BCUT2D eigenvalue weighted by Gasteiger charge is 2.10. The van der Waals surface area contributed by atoms with Crippen molar-refractivity contribution in [2.45, 2.75) is 30.8 Å². The maximum atomic E-state index is 12.1. The van der Waals surface area contributed by atoms with E-state index in [-0.39, 0.29) is 6.03 Å². The number of thiazole rings is 1. The van der Waals surface area contributed by atoms with Crippen LogP contribution in [0.15, 0.2) is 52.1 Å². The predicted molar refractivity (Wildman–Crippen MR) is 123 cm³/mol. The Kier molecular flexibility index (Phi) is 6.14. The van der Waals surface area contributed by atoms with Gasteiger partial charge in [-0.15, -0.1) is 11.3 Å². The number of amides is 2. The summed E-state index contributed by atoms with van der Waals surface area (Å²) in [7, 11) is 0. The number of hydrogen-bond donors (Lipinski definition) is 4. The van der Waals surface area contributed by atoms with Crippen molar-refractivity contribution in [1.82, 2.24) is 25.1 Å². The van der Waals surface area contributed by atoms with Crippen molar-refractivity contribution in [3.05, 3.63) is 59.0 Å². The zero-order valence-corrected chi connectivity index (χ0v) is 18.7. The molecule has 4 rings (SSSR count). The topological polar surface area (TPSA) is 121 Å². The molecule has 31 heavy (non-hydrogen) atoms. The summed E-state index contributed by atoms with van der Waals surface area (Å²) in [6.07, 6.45) is 1.60. The lowest BCUT2D eigenvalue weighted by molar-refractivity contribution is 0.262. The third kappa shape index (κ3) is 5.58. The van der Waals surface area contributed by atoms with Gasteiger partial charge in [-0.2, -0.15) is 5.10 Å². The number of benzene rings is 1. The number of urea groups is 1. The molecule has 3 heterocycles. The van der Waals surface area contributed by atoms with Gasteiger partial charge in [0.15, 0.2) is 11.0 Å². The number of anilines is 4. The Labute approximate surface area is 187 Å². The molecule has 0 atom stereocenters. The summed E-state index contributed by atoms with van der Waals surface area (Å²) in [4.78, 5) is 26.2. The summed E-state index contributed by atoms with van der Waals surface area (Å²) in [6.45, 7) is 5.85. The van der Waals surface area contributed by atoms with Gasteiger partial charge in [0.1, 0.15) is 10.8 Å². The highest BCUT2D eigenvalue weighted by atomic mass is 32.2. The molecule has 0 radical (unpaired) electrons. The lowest BCUT2D eigenvalue weighted by Crippen LogP contribution is -2.18. The van der Waals surface area contributed by atoms with Crippen LogP contribution < -0.4 is 16.0 Å². The Bertz CT molecular complexity index is 1210. The minimum Gasteiger partial charge on any atom is -0.323 e. The van der Waals surface area contributed by atoms with Crippen molar-refractivity contribution in [3.63, 3.8) is 0 Å². The molecule has 4 aromatic rings. The molecule has 2 amide bonds. The fraction of sp³-hybridized carbons (Fsp3) is 0.150. The first-order chi connectivity index (χ1) is 14.9. The number of nitrogens with one attached hydrogen (secondary N) is 4. The van der Waals surface area contributed by atoms with Gasteiger partial charge >= 0.3 is 6.03 Å². The average Bonchev–Trinajstić information content (AvgIpc) is 3.35. The summed E-state index contributed by atoms with van der Waals surface area (Å²) >= 11 is 2.83. The molecule has 11 heteroatoms. The van der Waals surface area contributed by atoms with Crippen LogP contribution in [-0.2, 0) is 0 Å². The Balaban J connectivity index is 1.44. The van der Waals surface area contributed by atoms with E-state index in [1.807, 2.05) is 51.1 Å². The second kappa shape index (κ2) is 9.14. The Hall–Kier alpha value is -3.44. The zero-order valence-electron chi connectivity index (χ0n) is 17.1. The second-order valence-electron chi connectivity index (χ2n) is 6.77. The van der Waals surface area contributed by atoms with E-state index >= 15 is 0 Å². The first kappa shape index (κ1) is 20.8. The zero-order chi connectivity index (χ0) is 21.8. The van der Waals surface area contributed by atoms with Gasteiger partial charge in [0.05, 0.1) is 11.7 Å². The fourth-order valence-electron chi connectivity index (χ4n) is 2.76. The number of nitrogens with zero attached hydrogens (tertiary/aromatic N) is 4. The van der Waals surface area contributed by atoms with Crippen LogP contribution in [-0.4, -0.2) is 31.2 Å². The Morgan fingerprint density at radius 3 is 2.65 bits per heavy atom. The maximum absolute atomic E-state index is 12.1. The van der Waals surface area contributed by atoms with E-state index in [1.165, 1.54) is 23.1 Å². The lowest BCUT2D eigenvalue weighted by Gasteiger charge is -2.10. The molecule has 0 bridgehead atoms. The quantitative estimate of drug-likeness (QED) is 0.300. The molecular weight excluding hydrogens is 432 g/mol. The van der Waals surface area contributed by atoms with Crippen LogP contribution in [0.1, 0.15) is 17.0 Å². The number of carbonyl (C=O) groups excluding carboxylic acids is 1. The minimum absolute atomic E-state index is 0.310. The third-order valence-electron chi connectivity index (χ3n) is 4.10. The van der Waals surface area contributed by atoms with E-state index in [4.69, 9.17) is 0 Å². The first-order valence-corrected chi connectivity index (χ1v) is 11.0. The van der Waals surface area contributed by atoms with Crippen LogP contribution in [0.25, 0.3) is 0 Å². The monoisotopic (exact) mass is 452 g/mol. The van der Waals surface area contributed by atoms with Crippen molar-refractivity contribution in [3.8, 4) is 0 Å². The molecule has 0 fully saturated rings. The average molecular weight is 453 g/mol. The SMILES string of the molecule is Cc1cc(Nc2cc(C)[nH]n2)nc(Sc2ccc(NC(=O)Nc3cncs3)cc2C)n1. The van der Waals surface area contributed by atoms with Gasteiger partial charge in [0.2, 0.25) is 0 Å². The van der Waals surface area contributed by atoms with Gasteiger partial charge in [-0.25, -0.2) is 14.8 Å². The Morgan fingerprint density at radius 1 is 1.06 bits per heavy atom. The summed E-state index contributed by atoms with van der Waals surface area (Å²) in [6, 6.07) is 9.17. The number of carbonyl (C=O) groups is 1. The molecule has 158 valence electrons. The number of aromatic nitrogens is 5. The molecule has 0 spiro atoms. The van der Waals surface area contributed by atoms with E-state index < -0.39 is 0 Å². The molecular formula is C20H20N8OS2. The summed E-state index contributed by atoms with van der Waals surface area (Å²) in [5.41, 5.74) is 5.18. The normalized spacial score (nSPS) is 10.7. The number of H-pyrrole nitrogens is 1. The smallest absolute Gasteiger partial charge is 0.323 e. The lowest BCUT2D eigenvalue weighted by atomic mass is 10.2. The largest absolute Gasteiger partial charge is 0.324 e. The van der Waals surface area contributed by atoms with E-state index in [1.54, 1.807) is 11.7 Å². The highest BCUT2D eigenvalue weighted by molar-refractivity contribution is 7.99. The molecule has 0 saturated carbocycles. The summed E-state index contributed by atoms with van der Waals surface area (Å²) in [5.74, 6) is 1.38. The number of aromatic amines is 1. The third-order valence-corrected chi connectivity index (χ3v) is 5.83. The molecule has 1 aromatic carbocycles. The van der Waals surface area contributed by atoms with Gasteiger partial charge in [0.25, 0.3) is 0 Å². The minimum atomic E-state index is -0.310. The van der Waals surface area contributed by atoms with Gasteiger partial charge in [-0.3, -0.25) is 15.4 Å². The molecule has 0 unspecified atom stereocenters. The van der Waals surface area contributed by atoms with E-state index in [0.717, 1.165) is 21.8 Å². The van der Waals surface area contributed by atoms with Crippen molar-refractivity contribution in [2.24, 2.45) is 0 Å². The standard InChI is InChI=1S/C20H20N8OS2/c1-11-6-14(23-19(29)26-18-9-21-10-30-18)4-5-15(11)31-20-22-12(2)7-16(25-20)24-17-8-13(3)27-28-17/h4-10H,1-3H3,(H2,23,26,29)(H2,22,24,25,27,28).